The van der Waals surface area contributed by atoms with Crippen LogP contribution in [-0.4, -0.2) is 22.7 Å². The molecule has 0 saturated heterocycles. The minimum Gasteiger partial charge on any atom is -0.343 e. The van der Waals surface area contributed by atoms with Crippen molar-refractivity contribution in [3.8, 4) is 0 Å². The van der Waals surface area contributed by atoms with Crippen molar-refractivity contribution >= 4 is 0 Å². The molecule has 0 unspecified atom stereocenters. The Morgan fingerprint density at radius 1 is 1.27 bits per heavy atom. The minimum absolute atomic E-state index is 0.708. The van der Waals surface area contributed by atoms with Gasteiger partial charge in [0.1, 0.15) is 0 Å². The molecular formula is C11H19N3O. The van der Waals surface area contributed by atoms with Gasteiger partial charge in [-0.15, -0.1) is 0 Å². The summed E-state index contributed by atoms with van der Waals surface area (Å²) < 4.78 is 4.69. The molecule has 1 saturated carbocycles. The number of nitrogens with one attached hydrogen (secondary N) is 1. The van der Waals surface area contributed by atoms with Gasteiger partial charge in [0.15, 0.2) is 5.82 Å². The van der Waals surface area contributed by atoms with Gasteiger partial charge in [-0.1, -0.05) is 30.8 Å². The third kappa shape index (κ3) is 3.63. The Morgan fingerprint density at radius 2 is 2.07 bits per heavy atom. The van der Waals surface area contributed by atoms with Crippen molar-refractivity contribution in [2.24, 2.45) is 0 Å². The first-order valence-electron chi connectivity index (χ1n) is 5.94. The van der Waals surface area contributed by atoms with Crippen molar-refractivity contribution in [1.82, 2.24) is 15.5 Å². The van der Waals surface area contributed by atoms with E-state index in [4.69, 9.17) is 0 Å². The van der Waals surface area contributed by atoms with Crippen LogP contribution in [0.5, 0.6) is 0 Å². The van der Waals surface area contributed by atoms with Gasteiger partial charge in [-0.25, -0.2) is 0 Å². The van der Waals surface area contributed by atoms with E-state index >= 15 is 0 Å². The lowest BCUT2D eigenvalue weighted by Gasteiger charge is -2.15. The molecule has 1 aromatic heterocycles. The lowest BCUT2D eigenvalue weighted by molar-refractivity contribution is 0.406. The first-order valence-corrected chi connectivity index (χ1v) is 5.94. The number of nitrogens with zero attached hydrogens (tertiary/aromatic N) is 2. The Bertz CT molecular complexity index is 253. The minimum atomic E-state index is 0.708. The molecule has 1 aliphatic rings. The van der Waals surface area contributed by atoms with Crippen LogP contribution in [-0.2, 0) is 6.42 Å². The molecule has 0 radical (unpaired) electrons. The monoisotopic (exact) mass is 209 g/mol. The van der Waals surface area contributed by atoms with Gasteiger partial charge >= 0.3 is 0 Å². The molecule has 4 nitrogen and oxygen atoms in total. The molecule has 0 spiro atoms. The number of rotatable bonds is 4. The van der Waals surface area contributed by atoms with Gasteiger partial charge in [-0.2, -0.15) is 4.98 Å². The molecule has 0 bridgehead atoms. The highest BCUT2D eigenvalue weighted by Crippen LogP contribution is 2.16. The summed E-state index contributed by atoms with van der Waals surface area (Å²) >= 11 is 0. The Kier molecular flexibility index (Phi) is 4.14. The van der Waals surface area contributed by atoms with Gasteiger partial charge in [0.2, 0.25) is 6.39 Å². The Balaban J connectivity index is 1.64. The van der Waals surface area contributed by atoms with Gasteiger partial charge in [0.05, 0.1) is 0 Å². The normalized spacial score (nSPS) is 18.9. The second-order valence-corrected chi connectivity index (χ2v) is 4.24. The van der Waals surface area contributed by atoms with E-state index in [-0.39, 0.29) is 0 Å². The van der Waals surface area contributed by atoms with Gasteiger partial charge in [-0.3, -0.25) is 0 Å². The van der Waals surface area contributed by atoms with E-state index < -0.39 is 0 Å². The number of aromatic nitrogens is 2. The van der Waals surface area contributed by atoms with Gasteiger partial charge < -0.3 is 9.84 Å². The van der Waals surface area contributed by atoms with Crippen LogP contribution in [0, 0.1) is 0 Å². The van der Waals surface area contributed by atoms with Crippen molar-refractivity contribution in [3.63, 3.8) is 0 Å². The van der Waals surface area contributed by atoms with E-state index in [0.29, 0.717) is 6.04 Å². The lowest BCUT2D eigenvalue weighted by atomic mass is 10.1. The van der Waals surface area contributed by atoms with Crippen molar-refractivity contribution < 1.29 is 4.52 Å². The zero-order valence-electron chi connectivity index (χ0n) is 9.11. The van der Waals surface area contributed by atoms with E-state index in [2.05, 4.69) is 20.0 Å². The molecule has 0 atom stereocenters. The first-order chi connectivity index (χ1) is 7.45. The molecule has 0 amide bonds. The van der Waals surface area contributed by atoms with Crippen molar-refractivity contribution in [3.05, 3.63) is 12.2 Å². The van der Waals surface area contributed by atoms with Crippen LogP contribution in [0.3, 0.4) is 0 Å². The second kappa shape index (κ2) is 5.85. The van der Waals surface area contributed by atoms with E-state index in [1.165, 1.54) is 44.9 Å². The number of hydrogen-bond acceptors (Lipinski definition) is 4. The van der Waals surface area contributed by atoms with Crippen LogP contribution in [0.15, 0.2) is 10.9 Å². The summed E-state index contributed by atoms with van der Waals surface area (Å²) in [5.41, 5.74) is 0. The van der Waals surface area contributed by atoms with Crippen LogP contribution in [0.2, 0.25) is 0 Å². The molecule has 1 heterocycles. The fraction of sp³-hybridized carbons (Fsp3) is 0.818. The van der Waals surface area contributed by atoms with Crippen LogP contribution < -0.4 is 5.32 Å². The topological polar surface area (TPSA) is 51.0 Å². The van der Waals surface area contributed by atoms with Crippen LogP contribution in [0.1, 0.15) is 44.3 Å². The van der Waals surface area contributed by atoms with Gasteiger partial charge in [-0.05, 0) is 12.8 Å². The largest absolute Gasteiger partial charge is 0.343 e. The molecule has 0 aliphatic heterocycles. The fourth-order valence-electron chi connectivity index (χ4n) is 2.17. The molecule has 84 valence electrons. The molecule has 15 heavy (non-hydrogen) atoms. The third-order valence-corrected chi connectivity index (χ3v) is 3.04. The predicted molar refractivity (Wildman–Crippen MR) is 57.5 cm³/mol. The van der Waals surface area contributed by atoms with Crippen molar-refractivity contribution in [2.45, 2.75) is 51.0 Å². The van der Waals surface area contributed by atoms with Gasteiger partial charge in [0, 0.05) is 19.0 Å². The Hall–Kier alpha value is -0.900. The van der Waals surface area contributed by atoms with Gasteiger partial charge in [0.25, 0.3) is 0 Å². The van der Waals surface area contributed by atoms with Crippen LogP contribution in [0.25, 0.3) is 0 Å². The Morgan fingerprint density at radius 3 is 2.73 bits per heavy atom. The summed E-state index contributed by atoms with van der Waals surface area (Å²) in [5, 5.41) is 7.37. The summed E-state index contributed by atoms with van der Waals surface area (Å²) in [6.07, 6.45) is 10.5. The van der Waals surface area contributed by atoms with E-state index in [1.807, 2.05) is 0 Å². The van der Waals surface area contributed by atoms with E-state index in [9.17, 15) is 0 Å². The third-order valence-electron chi connectivity index (χ3n) is 3.04. The highest BCUT2D eigenvalue weighted by atomic mass is 16.5. The van der Waals surface area contributed by atoms with Crippen molar-refractivity contribution in [2.75, 3.05) is 6.54 Å². The fourth-order valence-corrected chi connectivity index (χ4v) is 2.17. The molecule has 2 rings (SSSR count). The first kappa shape index (κ1) is 10.6. The standard InChI is InChI=1S/C11H19N3O/c1-2-4-6-10(5-3-1)12-8-7-11-13-9-15-14-11/h9-10,12H,1-8H2. The smallest absolute Gasteiger partial charge is 0.213 e. The average Bonchev–Trinajstić information content (AvgIpc) is 2.62. The molecule has 1 fully saturated rings. The summed E-state index contributed by atoms with van der Waals surface area (Å²) in [6, 6.07) is 0.708. The zero-order chi connectivity index (χ0) is 10.3. The molecule has 1 aliphatic carbocycles. The summed E-state index contributed by atoms with van der Waals surface area (Å²) in [4.78, 5) is 4.00. The lowest BCUT2D eigenvalue weighted by Crippen LogP contribution is -2.30. The molecule has 4 heteroatoms. The predicted octanol–water partition coefficient (Wildman–Crippen LogP) is 1.92. The average molecular weight is 209 g/mol. The van der Waals surface area contributed by atoms with E-state index in [1.54, 1.807) is 0 Å². The Labute approximate surface area is 90.4 Å². The molecule has 0 aromatic carbocycles. The maximum Gasteiger partial charge on any atom is 0.213 e. The second-order valence-electron chi connectivity index (χ2n) is 4.24. The van der Waals surface area contributed by atoms with E-state index in [0.717, 1.165) is 18.8 Å². The maximum absolute atomic E-state index is 4.69. The zero-order valence-corrected chi connectivity index (χ0v) is 9.11. The van der Waals surface area contributed by atoms with Crippen LogP contribution >= 0.6 is 0 Å². The molecule has 1 N–H and O–H groups in total. The molecular weight excluding hydrogens is 190 g/mol. The maximum atomic E-state index is 4.69. The van der Waals surface area contributed by atoms with Crippen molar-refractivity contribution in [1.29, 1.82) is 0 Å². The van der Waals surface area contributed by atoms with Crippen LogP contribution in [0.4, 0.5) is 0 Å². The summed E-state index contributed by atoms with van der Waals surface area (Å²) in [5.74, 6) is 0.802. The SMILES string of the molecule is c1nc(CCNC2CCCCCC2)no1. The summed E-state index contributed by atoms with van der Waals surface area (Å²) in [7, 11) is 0. The highest BCUT2D eigenvalue weighted by Gasteiger charge is 2.11. The molecule has 1 aromatic rings. The quantitative estimate of drug-likeness (QED) is 0.770. The number of hydrogen-bond donors (Lipinski definition) is 1. The highest BCUT2D eigenvalue weighted by molar-refractivity contribution is 4.80. The summed E-state index contributed by atoms with van der Waals surface area (Å²) in [6.45, 7) is 0.962.